The topological polar surface area (TPSA) is 124 Å². The number of para-hydroxylation sites is 4. The largest absolute Gasteiger partial charge is 0.493 e. The molecule has 0 spiro atoms. The van der Waals surface area contributed by atoms with Gasteiger partial charge in [-0.15, -0.1) is 0 Å². The summed E-state index contributed by atoms with van der Waals surface area (Å²) in [6.07, 6.45) is 0. The van der Waals surface area contributed by atoms with Gasteiger partial charge in [-0.05, 0) is 63.2 Å². The molecule has 3 rings (SSSR count). The van der Waals surface area contributed by atoms with Crippen molar-refractivity contribution in [2.45, 2.75) is 26.3 Å². The average molecular weight is 536 g/mol. The molecular weight excluding hydrogens is 502 g/mol. The molecule has 0 aromatic heterocycles. The van der Waals surface area contributed by atoms with Gasteiger partial charge in [-0.3, -0.25) is 14.4 Å². The summed E-state index contributed by atoms with van der Waals surface area (Å²) >= 11 is 0. The van der Waals surface area contributed by atoms with Crippen LogP contribution in [0.1, 0.15) is 31.1 Å². The van der Waals surface area contributed by atoms with Crippen molar-refractivity contribution < 1.29 is 33.3 Å². The van der Waals surface area contributed by atoms with E-state index in [1.807, 2.05) is 20.8 Å². The van der Waals surface area contributed by atoms with Crippen LogP contribution in [0.15, 0.2) is 66.7 Å². The van der Waals surface area contributed by atoms with Crippen molar-refractivity contribution in [3.05, 3.63) is 72.3 Å². The molecule has 0 unspecified atom stereocenters. The minimum absolute atomic E-state index is 0.245. The number of ether oxygens (including phenoxy) is 4. The number of nitrogens with one attached hydrogen (secondary N) is 3. The van der Waals surface area contributed by atoms with Gasteiger partial charge in [0.15, 0.2) is 36.2 Å². The summed E-state index contributed by atoms with van der Waals surface area (Å²) in [6, 6.07) is 18.5. The maximum atomic E-state index is 12.9. The van der Waals surface area contributed by atoms with E-state index in [2.05, 4.69) is 16.0 Å². The lowest BCUT2D eigenvalue weighted by molar-refractivity contribution is -0.118. The highest BCUT2D eigenvalue weighted by atomic mass is 16.5. The van der Waals surface area contributed by atoms with Crippen LogP contribution in [-0.2, 0) is 9.59 Å². The van der Waals surface area contributed by atoms with E-state index in [-0.39, 0.29) is 24.7 Å². The summed E-state index contributed by atoms with van der Waals surface area (Å²) < 4.78 is 21.6. The van der Waals surface area contributed by atoms with Crippen LogP contribution in [0.5, 0.6) is 23.0 Å². The van der Waals surface area contributed by atoms with Crippen LogP contribution < -0.4 is 34.9 Å². The van der Waals surface area contributed by atoms with Crippen LogP contribution in [-0.4, -0.2) is 50.7 Å². The Morgan fingerprint density at radius 2 is 1.08 bits per heavy atom. The third-order valence-electron chi connectivity index (χ3n) is 5.11. The van der Waals surface area contributed by atoms with Gasteiger partial charge in [0.05, 0.1) is 14.2 Å². The second-order valence-corrected chi connectivity index (χ2v) is 9.48. The fourth-order valence-electron chi connectivity index (χ4n) is 3.47. The number of carbonyl (C=O) groups excluding carboxylic acids is 3. The number of hydrogen-bond donors (Lipinski definition) is 3. The summed E-state index contributed by atoms with van der Waals surface area (Å²) in [5.74, 6) is 0.507. The van der Waals surface area contributed by atoms with E-state index in [4.69, 9.17) is 18.9 Å². The molecule has 0 heterocycles. The first kappa shape index (κ1) is 28.8. The summed E-state index contributed by atoms with van der Waals surface area (Å²) in [4.78, 5) is 38.2. The van der Waals surface area contributed by atoms with Crippen molar-refractivity contribution in [1.29, 1.82) is 0 Å². The monoisotopic (exact) mass is 535 g/mol. The summed E-state index contributed by atoms with van der Waals surface area (Å²) in [7, 11) is 3.02. The third-order valence-corrected chi connectivity index (χ3v) is 5.11. The smallest absolute Gasteiger partial charge is 0.262 e. The molecular formula is C29H33N3O7. The zero-order valence-electron chi connectivity index (χ0n) is 22.6. The molecule has 10 nitrogen and oxygen atoms in total. The van der Waals surface area contributed by atoms with Crippen LogP contribution in [0.4, 0.5) is 11.4 Å². The van der Waals surface area contributed by atoms with E-state index >= 15 is 0 Å². The molecule has 10 heteroatoms. The number of rotatable bonds is 11. The van der Waals surface area contributed by atoms with E-state index in [0.29, 0.717) is 34.4 Å². The highest BCUT2D eigenvalue weighted by Gasteiger charge is 2.18. The molecule has 0 atom stereocenters. The maximum absolute atomic E-state index is 12.9. The zero-order valence-corrected chi connectivity index (χ0v) is 22.6. The van der Waals surface area contributed by atoms with Crippen molar-refractivity contribution in [2.24, 2.45) is 0 Å². The Hall–Kier alpha value is -4.73. The van der Waals surface area contributed by atoms with Gasteiger partial charge in [0.1, 0.15) is 0 Å². The van der Waals surface area contributed by atoms with Crippen molar-refractivity contribution in [3.8, 4) is 23.0 Å². The minimum atomic E-state index is -0.495. The average Bonchev–Trinajstić information content (AvgIpc) is 2.90. The number of carbonyl (C=O) groups is 3. The van der Waals surface area contributed by atoms with E-state index in [1.54, 1.807) is 48.5 Å². The molecule has 3 N–H and O–H groups in total. The Morgan fingerprint density at radius 3 is 1.46 bits per heavy atom. The summed E-state index contributed by atoms with van der Waals surface area (Å²) in [5, 5.41) is 8.29. The molecule has 0 aliphatic carbocycles. The van der Waals surface area contributed by atoms with E-state index in [9.17, 15) is 14.4 Å². The molecule has 3 aromatic carbocycles. The SMILES string of the molecule is COc1ccccc1OCC(=O)Nc1cc(NC(=O)COc2ccccc2OC)cc(C(=O)NC(C)(C)C)c1. The molecule has 0 aliphatic heterocycles. The Morgan fingerprint density at radius 1 is 0.667 bits per heavy atom. The number of hydrogen-bond acceptors (Lipinski definition) is 7. The molecule has 0 radical (unpaired) electrons. The Kier molecular flexibility index (Phi) is 9.75. The molecule has 0 bridgehead atoms. The second kappa shape index (κ2) is 13.2. The first-order valence-electron chi connectivity index (χ1n) is 12.2. The summed E-state index contributed by atoms with van der Waals surface area (Å²) in [5.41, 5.74) is 0.344. The van der Waals surface area contributed by atoms with Crippen LogP contribution in [0.25, 0.3) is 0 Å². The Bertz CT molecular complexity index is 1230. The van der Waals surface area contributed by atoms with Crippen molar-refractivity contribution in [2.75, 3.05) is 38.1 Å². The predicted molar refractivity (Wildman–Crippen MR) is 148 cm³/mol. The zero-order chi connectivity index (χ0) is 28.4. The maximum Gasteiger partial charge on any atom is 0.262 e. The molecule has 0 aliphatic rings. The third kappa shape index (κ3) is 8.96. The fourth-order valence-corrected chi connectivity index (χ4v) is 3.47. The van der Waals surface area contributed by atoms with E-state index in [0.717, 1.165) is 0 Å². The standard InChI is InChI=1S/C29H33N3O7/c1-29(2,3)32-28(35)19-14-20(30-26(33)17-38-24-12-8-6-10-22(24)36-4)16-21(15-19)31-27(34)18-39-25-13-9-7-11-23(25)37-5/h6-16H,17-18H2,1-5H3,(H,30,33)(H,31,34)(H,32,35). The van der Waals surface area contributed by atoms with Crippen molar-refractivity contribution in [1.82, 2.24) is 5.32 Å². The van der Waals surface area contributed by atoms with Gasteiger partial charge in [0.2, 0.25) is 0 Å². The first-order chi connectivity index (χ1) is 18.6. The molecule has 206 valence electrons. The molecule has 0 fully saturated rings. The highest BCUT2D eigenvalue weighted by Crippen LogP contribution is 2.27. The fraction of sp³-hybridized carbons (Fsp3) is 0.276. The molecule has 3 aromatic rings. The van der Waals surface area contributed by atoms with Gasteiger partial charge in [0.25, 0.3) is 17.7 Å². The second-order valence-electron chi connectivity index (χ2n) is 9.48. The number of anilines is 2. The van der Waals surface area contributed by atoms with Gasteiger partial charge in [-0.2, -0.15) is 0 Å². The van der Waals surface area contributed by atoms with Crippen LogP contribution in [0.2, 0.25) is 0 Å². The lowest BCUT2D eigenvalue weighted by Crippen LogP contribution is -2.40. The van der Waals surface area contributed by atoms with Crippen molar-refractivity contribution in [3.63, 3.8) is 0 Å². The Labute approximate surface area is 227 Å². The van der Waals surface area contributed by atoms with Gasteiger partial charge in [-0.1, -0.05) is 24.3 Å². The lowest BCUT2D eigenvalue weighted by atomic mass is 10.1. The molecule has 0 saturated carbocycles. The molecule has 0 saturated heterocycles. The highest BCUT2D eigenvalue weighted by molar-refractivity contribution is 6.01. The number of benzene rings is 3. The van der Waals surface area contributed by atoms with Crippen LogP contribution >= 0.6 is 0 Å². The number of amides is 3. The van der Waals surface area contributed by atoms with E-state index in [1.165, 1.54) is 32.4 Å². The predicted octanol–water partition coefficient (Wildman–Crippen LogP) is 4.27. The van der Waals surface area contributed by atoms with Gasteiger partial charge in [0, 0.05) is 22.5 Å². The van der Waals surface area contributed by atoms with Gasteiger partial charge in [-0.25, -0.2) is 0 Å². The summed E-state index contributed by atoms with van der Waals surface area (Å²) in [6.45, 7) is 4.96. The number of methoxy groups -OCH3 is 2. The molecule has 39 heavy (non-hydrogen) atoms. The Balaban J connectivity index is 1.74. The van der Waals surface area contributed by atoms with Gasteiger partial charge < -0.3 is 34.9 Å². The minimum Gasteiger partial charge on any atom is -0.493 e. The normalized spacial score (nSPS) is 10.7. The van der Waals surface area contributed by atoms with Crippen LogP contribution in [0.3, 0.4) is 0 Å². The quantitative estimate of drug-likeness (QED) is 0.335. The van der Waals surface area contributed by atoms with E-state index < -0.39 is 17.4 Å². The van der Waals surface area contributed by atoms with Crippen LogP contribution in [0, 0.1) is 0 Å². The van der Waals surface area contributed by atoms with Gasteiger partial charge >= 0.3 is 0 Å². The van der Waals surface area contributed by atoms with Crippen molar-refractivity contribution >= 4 is 29.1 Å². The molecule has 3 amide bonds. The first-order valence-corrected chi connectivity index (χ1v) is 12.2. The lowest BCUT2D eigenvalue weighted by Gasteiger charge is -2.21.